The van der Waals surface area contributed by atoms with Crippen LogP contribution in [0.1, 0.15) is 31.0 Å². The van der Waals surface area contributed by atoms with Crippen LogP contribution < -0.4 is 4.90 Å². The molecule has 2 heterocycles. The normalized spacial score (nSPS) is 10.8. The number of hydrogen-bond acceptors (Lipinski definition) is 4. The SMILES string of the molecule is CC(C)c1c(Cl)ncnc1N(C)CCc1ccccn1. The first-order chi connectivity index (χ1) is 9.59. The molecule has 0 fully saturated rings. The average molecular weight is 291 g/mol. The summed E-state index contributed by atoms with van der Waals surface area (Å²) in [7, 11) is 2.02. The molecule has 0 N–H and O–H groups in total. The highest BCUT2D eigenvalue weighted by Gasteiger charge is 2.16. The minimum absolute atomic E-state index is 0.288. The van der Waals surface area contributed by atoms with Crippen LogP contribution in [0.5, 0.6) is 0 Å². The van der Waals surface area contributed by atoms with Gasteiger partial charge < -0.3 is 4.90 Å². The van der Waals surface area contributed by atoms with Gasteiger partial charge in [-0.3, -0.25) is 4.98 Å². The lowest BCUT2D eigenvalue weighted by molar-refractivity contribution is 0.792. The number of anilines is 1. The molecule has 0 unspecified atom stereocenters. The van der Waals surface area contributed by atoms with Crippen molar-refractivity contribution in [3.63, 3.8) is 0 Å². The Labute approximate surface area is 124 Å². The second kappa shape index (κ2) is 6.66. The second-order valence-corrected chi connectivity index (χ2v) is 5.41. The topological polar surface area (TPSA) is 41.9 Å². The van der Waals surface area contributed by atoms with Gasteiger partial charge in [0.1, 0.15) is 17.3 Å². The molecule has 0 aromatic carbocycles. The highest BCUT2D eigenvalue weighted by Crippen LogP contribution is 2.29. The molecule has 0 radical (unpaired) electrons. The van der Waals surface area contributed by atoms with Gasteiger partial charge in [-0.2, -0.15) is 0 Å². The number of halogens is 1. The third-order valence-electron chi connectivity index (χ3n) is 3.18. The van der Waals surface area contributed by atoms with E-state index in [1.165, 1.54) is 6.33 Å². The van der Waals surface area contributed by atoms with Gasteiger partial charge in [-0.25, -0.2) is 9.97 Å². The minimum Gasteiger partial charge on any atom is -0.359 e. The molecule has 2 aromatic heterocycles. The van der Waals surface area contributed by atoms with Crippen LogP contribution in [-0.2, 0) is 6.42 Å². The molecular weight excluding hydrogens is 272 g/mol. The lowest BCUT2D eigenvalue weighted by Crippen LogP contribution is -2.23. The van der Waals surface area contributed by atoms with E-state index in [0.29, 0.717) is 5.15 Å². The van der Waals surface area contributed by atoms with Gasteiger partial charge in [-0.1, -0.05) is 31.5 Å². The quantitative estimate of drug-likeness (QED) is 0.792. The van der Waals surface area contributed by atoms with Gasteiger partial charge in [-0.05, 0) is 18.1 Å². The largest absolute Gasteiger partial charge is 0.359 e. The maximum Gasteiger partial charge on any atom is 0.138 e. The van der Waals surface area contributed by atoms with Crippen molar-refractivity contribution in [1.29, 1.82) is 0 Å². The molecule has 5 heteroatoms. The summed E-state index contributed by atoms with van der Waals surface area (Å²) in [4.78, 5) is 14.9. The summed E-state index contributed by atoms with van der Waals surface area (Å²) in [6.07, 6.45) is 4.20. The number of aromatic nitrogens is 3. The van der Waals surface area contributed by atoms with Gasteiger partial charge in [0.2, 0.25) is 0 Å². The molecule has 2 aromatic rings. The standard InChI is InChI=1S/C15H19ClN4/c1-11(2)13-14(16)18-10-19-15(13)20(3)9-7-12-6-4-5-8-17-12/h4-6,8,10-11H,7,9H2,1-3H3. The number of rotatable bonds is 5. The van der Waals surface area contributed by atoms with E-state index < -0.39 is 0 Å². The van der Waals surface area contributed by atoms with Crippen molar-refractivity contribution in [2.75, 3.05) is 18.5 Å². The summed E-state index contributed by atoms with van der Waals surface area (Å²) in [5, 5.41) is 0.537. The zero-order valence-corrected chi connectivity index (χ0v) is 12.8. The van der Waals surface area contributed by atoms with Gasteiger partial charge in [0, 0.05) is 37.5 Å². The molecule has 0 saturated carbocycles. The lowest BCUT2D eigenvalue weighted by atomic mass is 10.1. The summed E-state index contributed by atoms with van der Waals surface area (Å²) < 4.78 is 0. The first-order valence-corrected chi connectivity index (χ1v) is 7.09. The molecule has 0 amide bonds. The van der Waals surface area contributed by atoms with Gasteiger partial charge in [0.25, 0.3) is 0 Å². The predicted molar refractivity (Wildman–Crippen MR) is 82.3 cm³/mol. The first kappa shape index (κ1) is 14.7. The van der Waals surface area contributed by atoms with Crippen LogP contribution in [0, 0.1) is 0 Å². The molecule has 0 atom stereocenters. The van der Waals surface area contributed by atoms with E-state index in [-0.39, 0.29) is 5.92 Å². The Hall–Kier alpha value is -1.68. The average Bonchev–Trinajstić information content (AvgIpc) is 2.45. The van der Waals surface area contributed by atoms with Crippen molar-refractivity contribution in [3.8, 4) is 0 Å². The fourth-order valence-corrected chi connectivity index (χ4v) is 2.45. The number of likely N-dealkylation sites (N-methyl/N-ethyl adjacent to an activating group) is 1. The van der Waals surface area contributed by atoms with Gasteiger partial charge in [0.05, 0.1) is 0 Å². The molecule has 0 bridgehead atoms. The lowest BCUT2D eigenvalue weighted by Gasteiger charge is -2.22. The molecule has 0 spiro atoms. The van der Waals surface area contributed by atoms with E-state index >= 15 is 0 Å². The Morgan fingerprint density at radius 1 is 1.20 bits per heavy atom. The van der Waals surface area contributed by atoms with Crippen molar-refractivity contribution in [1.82, 2.24) is 15.0 Å². The Morgan fingerprint density at radius 3 is 2.65 bits per heavy atom. The van der Waals surface area contributed by atoms with E-state index in [4.69, 9.17) is 11.6 Å². The zero-order chi connectivity index (χ0) is 14.5. The Balaban J connectivity index is 2.13. The highest BCUT2D eigenvalue weighted by molar-refractivity contribution is 6.30. The molecule has 20 heavy (non-hydrogen) atoms. The van der Waals surface area contributed by atoms with E-state index in [1.807, 2.05) is 31.4 Å². The third-order valence-corrected chi connectivity index (χ3v) is 3.48. The molecule has 2 rings (SSSR count). The molecule has 0 aliphatic rings. The maximum atomic E-state index is 6.20. The summed E-state index contributed by atoms with van der Waals surface area (Å²) in [5.74, 6) is 1.19. The third kappa shape index (κ3) is 3.45. The van der Waals surface area contributed by atoms with E-state index in [1.54, 1.807) is 0 Å². The summed E-state index contributed by atoms with van der Waals surface area (Å²) >= 11 is 6.20. The fourth-order valence-electron chi connectivity index (χ4n) is 2.10. The summed E-state index contributed by atoms with van der Waals surface area (Å²) in [5.41, 5.74) is 2.07. The van der Waals surface area contributed by atoms with Gasteiger partial charge in [0.15, 0.2) is 0 Å². The molecule has 0 aliphatic carbocycles. The molecule has 106 valence electrons. The predicted octanol–water partition coefficient (Wildman–Crippen LogP) is 3.33. The van der Waals surface area contributed by atoms with Crippen LogP contribution in [0.4, 0.5) is 5.82 Å². The fraction of sp³-hybridized carbons (Fsp3) is 0.400. The van der Waals surface area contributed by atoms with E-state index in [9.17, 15) is 0 Å². The number of nitrogens with zero attached hydrogens (tertiary/aromatic N) is 4. The zero-order valence-electron chi connectivity index (χ0n) is 12.0. The Morgan fingerprint density at radius 2 is 2.00 bits per heavy atom. The van der Waals surface area contributed by atoms with Crippen LogP contribution in [-0.4, -0.2) is 28.5 Å². The maximum absolute atomic E-state index is 6.20. The number of hydrogen-bond donors (Lipinski definition) is 0. The van der Waals surface area contributed by atoms with Crippen LogP contribution in [0.15, 0.2) is 30.7 Å². The molecule has 4 nitrogen and oxygen atoms in total. The van der Waals surface area contributed by atoms with E-state index in [0.717, 1.165) is 30.0 Å². The second-order valence-electron chi connectivity index (χ2n) is 5.05. The Kier molecular flexibility index (Phi) is 4.90. The van der Waals surface area contributed by atoms with Crippen LogP contribution in [0.3, 0.4) is 0 Å². The minimum atomic E-state index is 0.288. The Bertz CT molecular complexity index is 557. The van der Waals surface area contributed by atoms with Crippen molar-refractivity contribution < 1.29 is 0 Å². The molecule has 0 aliphatic heterocycles. The van der Waals surface area contributed by atoms with Crippen molar-refractivity contribution in [2.24, 2.45) is 0 Å². The van der Waals surface area contributed by atoms with Gasteiger partial charge in [-0.15, -0.1) is 0 Å². The van der Waals surface area contributed by atoms with Gasteiger partial charge >= 0.3 is 0 Å². The summed E-state index contributed by atoms with van der Waals surface area (Å²) in [6.45, 7) is 5.03. The molecule has 0 saturated heterocycles. The van der Waals surface area contributed by atoms with E-state index in [2.05, 4.69) is 33.7 Å². The highest BCUT2D eigenvalue weighted by atomic mass is 35.5. The van der Waals surface area contributed by atoms with Crippen LogP contribution >= 0.6 is 11.6 Å². The molecular formula is C15H19ClN4. The van der Waals surface area contributed by atoms with Crippen molar-refractivity contribution in [2.45, 2.75) is 26.2 Å². The monoisotopic (exact) mass is 290 g/mol. The number of pyridine rings is 1. The van der Waals surface area contributed by atoms with Crippen molar-refractivity contribution >= 4 is 17.4 Å². The van der Waals surface area contributed by atoms with Crippen LogP contribution in [0.2, 0.25) is 5.15 Å². The first-order valence-electron chi connectivity index (χ1n) is 6.71. The smallest absolute Gasteiger partial charge is 0.138 e. The summed E-state index contributed by atoms with van der Waals surface area (Å²) in [6, 6.07) is 5.96. The van der Waals surface area contributed by atoms with Crippen LogP contribution in [0.25, 0.3) is 0 Å². The van der Waals surface area contributed by atoms with Crippen molar-refractivity contribution in [3.05, 3.63) is 47.1 Å².